The molecule has 1 heterocycles. The number of carbonyl (C=O) groups excluding carboxylic acids is 1. The Bertz CT molecular complexity index is 242. The second-order valence-electron chi connectivity index (χ2n) is 5.00. The quantitative estimate of drug-likeness (QED) is 0.582. The summed E-state index contributed by atoms with van der Waals surface area (Å²) in [5.74, 6) is 1.96. The molecular weight excluding hydrogens is 166 g/mol. The summed E-state index contributed by atoms with van der Waals surface area (Å²) in [6, 6.07) is 0. The fourth-order valence-electron chi connectivity index (χ4n) is 2.15. The Labute approximate surface area is 79.0 Å². The Morgan fingerprint density at radius 2 is 1.62 bits per heavy atom. The van der Waals surface area contributed by atoms with Gasteiger partial charge in [-0.1, -0.05) is 0 Å². The SMILES string of the molecule is CC1(C)CC(=C=O)CC(C)(C)N1O. The molecule has 0 aromatic carbocycles. The van der Waals surface area contributed by atoms with E-state index in [1.807, 2.05) is 33.6 Å². The summed E-state index contributed by atoms with van der Waals surface area (Å²) >= 11 is 0. The van der Waals surface area contributed by atoms with Crippen molar-refractivity contribution in [1.82, 2.24) is 5.06 Å². The molecule has 74 valence electrons. The molecular formula is C10H17NO2. The summed E-state index contributed by atoms with van der Waals surface area (Å²) in [5, 5.41) is 11.2. The third kappa shape index (κ3) is 1.83. The highest BCUT2D eigenvalue weighted by atomic mass is 16.5. The van der Waals surface area contributed by atoms with Crippen LogP contribution in [0.2, 0.25) is 0 Å². The van der Waals surface area contributed by atoms with Gasteiger partial charge in [0.15, 0.2) is 0 Å². The third-order valence-electron chi connectivity index (χ3n) is 2.58. The third-order valence-corrected chi connectivity index (χ3v) is 2.58. The fourth-order valence-corrected chi connectivity index (χ4v) is 2.15. The molecule has 0 saturated carbocycles. The maximum Gasteiger partial charge on any atom is 0.123 e. The van der Waals surface area contributed by atoms with Crippen LogP contribution in [-0.2, 0) is 4.79 Å². The van der Waals surface area contributed by atoms with E-state index in [4.69, 9.17) is 0 Å². The Morgan fingerprint density at radius 3 is 1.92 bits per heavy atom. The molecule has 1 aliphatic rings. The zero-order chi connectivity index (χ0) is 10.3. The lowest BCUT2D eigenvalue weighted by Crippen LogP contribution is -2.57. The smallest absolute Gasteiger partial charge is 0.123 e. The van der Waals surface area contributed by atoms with Crippen LogP contribution >= 0.6 is 0 Å². The lowest BCUT2D eigenvalue weighted by Gasteiger charge is -2.48. The number of nitrogens with zero attached hydrogens (tertiary/aromatic N) is 1. The van der Waals surface area contributed by atoms with Gasteiger partial charge in [0, 0.05) is 16.7 Å². The summed E-state index contributed by atoms with van der Waals surface area (Å²) in [7, 11) is 0. The minimum atomic E-state index is -0.367. The van der Waals surface area contributed by atoms with E-state index in [2.05, 4.69) is 0 Å². The zero-order valence-electron chi connectivity index (χ0n) is 8.72. The first-order valence-corrected chi connectivity index (χ1v) is 4.52. The van der Waals surface area contributed by atoms with Crippen LogP contribution in [0.3, 0.4) is 0 Å². The average Bonchev–Trinajstić information content (AvgIpc) is 1.99. The van der Waals surface area contributed by atoms with Crippen LogP contribution in [-0.4, -0.2) is 27.3 Å². The van der Waals surface area contributed by atoms with Gasteiger partial charge in [0.25, 0.3) is 0 Å². The molecule has 1 N–H and O–H groups in total. The number of piperidine rings is 1. The molecule has 0 aromatic heterocycles. The molecule has 0 spiro atoms. The maximum absolute atomic E-state index is 10.6. The van der Waals surface area contributed by atoms with Crippen molar-refractivity contribution in [3.63, 3.8) is 0 Å². The number of hydroxylamine groups is 2. The topological polar surface area (TPSA) is 40.5 Å². The van der Waals surface area contributed by atoms with Crippen molar-refractivity contribution >= 4 is 5.94 Å². The second-order valence-corrected chi connectivity index (χ2v) is 5.00. The summed E-state index contributed by atoms with van der Waals surface area (Å²) in [6.07, 6.45) is 1.19. The van der Waals surface area contributed by atoms with Crippen LogP contribution in [0.1, 0.15) is 40.5 Å². The number of hydrogen-bond acceptors (Lipinski definition) is 3. The lowest BCUT2D eigenvalue weighted by molar-refractivity contribution is -0.232. The van der Waals surface area contributed by atoms with Crippen molar-refractivity contribution in [3.05, 3.63) is 5.57 Å². The van der Waals surface area contributed by atoms with Crippen molar-refractivity contribution in [2.24, 2.45) is 0 Å². The van der Waals surface area contributed by atoms with Gasteiger partial charge in [0.2, 0.25) is 0 Å². The van der Waals surface area contributed by atoms with Crippen molar-refractivity contribution in [1.29, 1.82) is 0 Å². The van der Waals surface area contributed by atoms with E-state index in [1.165, 1.54) is 5.06 Å². The highest BCUT2D eigenvalue weighted by Gasteiger charge is 2.43. The van der Waals surface area contributed by atoms with Crippen LogP contribution in [0.25, 0.3) is 0 Å². The predicted octanol–water partition coefficient (Wildman–Crippen LogP) is 1.79. The molecule has 3 heteroatoms. The highest BCUT2D eigenvalue weighted by molar-refractivity contribution is 5.54. The van der Waals surface area contributed by atoms with Gasteiger partial charge in [0.1, 0.15) is 5.94 Å². The Balaban J connectivity index is 3.02. The minimum Gasteiger partial charge on any atom is -0.313 e. The molecule has 0 unspecified atom stereocenters. The van der Waals surface area contributed by atoms with Crippen LogP contribution in [0.15, 0.2) is 5.57 Å². The van der Waals surface area contributed by atoms with E-state index < -0.39 is 0 Å². The van der Waals surface area contributed by atoms with Crippen LogP contribution in [0.4, 0.5) is 0 Å². The molecule has 1 rings (SSSR count). The predicted molar refractivity (Wildman–Crippen MR) is 50.2 cm³/mol. The van der Waals surface area contributed by atoms with Gasteiger partial charge in [-0.05, 0) is 40.5 Å². The van der Waals surface area contributed by atoms with Gasteiger partial charge in [-0.3, -0.25) is 0 Å². The Kier molecular flexibility index (Phi) is 2.37. The van der Waals surface area contributed by atoms with Crippen molar-refractivity contribution < 1.29 is 10.0 Å². The van der Waals surface area contributed by atoms with Gasteiger partial charge in [0.05, 0.1) is 0 Å². The summed E-state index contributed by atoms with van der Waals surface area (Å²) in [6.45, 7) is 7.69. The van der Waals surface area contributed by atoms with Gasteiger partial charge in [-0.2, -0.15) is 5.06 Å². The molecule has 0 aliphatic carbocycles. The Hall–Kier alpha value is -0.630. The van der Waals surface area contributed by atoms with E-state index in [0.717, 1.165) is 5.57 Å². The summed E-state index contributed by atoms with van der Waals surface area (Å²) in [5.41, 5.74) is 0.0310. The average molecular weight is 183 g/mol. The molecule has 0 atom stereocenters. The van der Waals surface area contributed by atoms with Crippen LogP contribution in [0.5, 0.6) is 0 Å². The molecule has 0 bridgehead atoms. The van der Waals surface area contributed by atoms with E-state index >= 15 is 0 Å². The van der Waals surface area contributed by atoms with Crippen molar-refractivity contribution in [3.8, 4) is 0 Å². The van der Waals surface area contributed by atoms with E-state index in [-0.39, 0.29) is 11.1 Å². The van der Waals surface area contributed by atoms with Crippen molar-refractivity contribution in [2.45, 2.75) is 51.6 Å². The number of rotatable bonds is 0. The highest BCUT2D eigenvalue weighted by Crippen LogP contribution is 2.38. The molecule has 1 fully saturated rings. The van der Waals surface area contributed by atoms with Gasteiger partial charge in [-0.25, -0.2) is 4.79 Å². The monoisotopic (exact) mass is 183 g/mol. The number of hydrogen-bond donors (Lipinski definition) is 1. The molecule has 1 aliphatic heterocycles. The van der Waals surface area contributed by atoms with E-state index in [1.54, 1.807) is 0 Å². The largest absolute Gasteiger partial charge is 0.313 e. The first-order chi connectivity index (χ1) is 5.79. The lowest BCUT2D eigenvalue weighted by atomic mass is 9.79. The van der Waals surface area contributed by atoms with Crippen molar-refractivity contribution in [2.75, 3.05) is 0 Å². The summed E-state index contributed by atoms with van der Waals surface area (Å²) < 4.78 is 0. The maximum atomic E-state index is 10.6. The molecule has 3 nitrogen and oxygen atoms in total. The molecule has 13 heavy (non-hydrogen) atoms. The van der Waals surface area contributed by atoms with E-state index in [9.17, 15) is 10.0 Å². The molecule has 0 amide bonds. The second kappa shape index (κ2) is 2.95. The first-order valence-electron chi connectivity index (χ1n) is 4.52. The Morgan fingerprint density at radius 1 is 1.23 bits per heavy atom. The molecule has 1 saturated heterocycles. The van der Waals surface area contributed by atoms with Crippen LogP contribution < -0.4 is 0 Å². The van der Waals surface area contributed by atoms with E-state index in [0.29, 0.717) is 12.8 Å². The standard InChI is InChI=1S/C10H17NO2/c1-9(2)5-8(7-12)6-10(3,4)11(9)13/h13H,5-6H2,1-4H3. The van der Waals surface area contributed by atoms with Gasteiger partial charge >= 0.3 is 0 Å². The molecule has 0 radical (unpaired) electrons. The van der Waals surface area contributed by atoms with Gasteiger partial charge in [-0.15, -0.1) is 0 Å². The summed E-state index contributed by atoms with van der Waals surface area (Å²) in [4.78, 5) is 10.6. The zero-order valence-corrected chi connectivity index (χ0v) is 8.72. The normalized spacial score (nSPS) is 27.0. The fraction of sp³-hybridized carbons (Fsp3) is 0.800. The van der Waals surface area contributed by atoms with Gasteiger partial charge < -0.3 is 5.21 Å². The first kappa shape index (κ1) is 10.5. The minimum absolute atomic E-state index is 0.367. The molecule has 0 aromatic rings. The van der Waals surface area contributed by atoms with Crippen LogP contribution in [0, 0.1) is 0 Å².